The zero-order valence-corrected chi connectivity index (χ0v) is 18.6. The molecule has 7 heteroatoms. The van der Waals surface area contributed by atoms with Gasteiger partial charge in [-0.05, 0) is 81.1 Å². The average molecular weight is 438 g/mol. The summed E-state index contributed by atoms with van der Waals surface area (Å²) in [5.41, 5.74) is 2.69. The first-order valence-electron chi connectivity index (χ1n) is 11.4. The van der Waals surface area contributed by atoms with Crippen molar-refractivity contribution in [2.45, 2.75) is 51.4 Å². The molecule has 2 aromatic rings. The number of unbranched alkanes of at least 4 members (excludes halogenated alkanes) is 1. The number of hydrogen-bond donors (Lipinski definition) is 1. The Kier molecular flexibility index (Phi) is 8.50. The lowest BCUT2D eigenvalue weighted by atomic mass is 9.89. The van der Waals surface area contributed by atoms with Crippen molar-refractivity contribution in [1.29, 1.82) is 0 Å². The molecule has 1 fully saturated rings. The van der Waals surface area contributed by atoms with Crippen molar-refractivity contribution in [3.8, 4) is 0 Å². The third kappa shape index (κ3) is 6.72. The maximum atomic E-state index is 12.3. The Morgan fingerprint density at radius 1 is 1.09 bits per heavy atom. The van der Waals surface area contributed by atoms with Crippen LogP contribution < -0.4 is 5.32 Å². The van der Waals surface area contributed by atoms with Crippen LogP contribution in [0.4, 0.5) is 11.4 Å². The van der Waals surface area contributed by atoms with E-state index >= 15 is 0 Å². The van der Waals surface area contributed by atoms with Crippen LogP contribution in [0.1, 0.15) is 67.3 Å². The maximum Gasteiger partial charge on any atom is 0.269 e. The quantitative estimate of drug-likeness (QED) is 0.239. The van der Waals surface area contributed by atoms with Crippen LogP contribution in [0.5, 0.6) is 0 Å². The minimum absolute atomic E-state index is 0.00221. The molecule has 2 aromatic carbocycles. The van der Waals surface area contributed by atoms with Crippen molar-refractivity contribution < 1.29 is 14.5 Å². The molecule has 3 rings (SSSR count). The third-order valence-corrected chi connectivity index (χ3v) is 6.08. The predicted octanol–water partition coefficient (Wildman–Crippen LogP) is 5.18. The molecule has 1 heterocycles. The molecule has 0 unspecified atom stereocenters. The van der Waals surface area contributed by atoms with Gasteiger partial charge in [0.25, 0.3) is 5.69 Å². The molecule has 1 N–H and O–H groups in total. The molecular formula is C25H31N3O4. The molecule has 0 radical (unpaired) electrons. The van der Waals surface area contributed by atoms with Gasteiger partial charge in [0.05, 0.1) is 4.92 Å². The van der Waals surface area contributed by atoms with E-state index in [4.69, 9.17) is 0 Å². The molecule has 0 aliphatic carbocycles. The number of likely N-dealkylation sites (tertiary alicyclic amines) is 1. The van der Waals surface area contributed by atoms with E-state index in [9.17, 15) is 19.7 Å². The smallest absolute Gasteiger partial charge is 0.269 e. The number of amides is 1. The van der Waals surface area contributed by atoms with Crippen molar-refractivity contribution in [1.82, 2.24) is 4.90 Å². The molecule has 1 aliphatic heterocycles. The second-order valence-electron chi connectivity index (χ2n) is 8.33. The molecule has 1 aliphatic rings. The van der Waals surface area contributed by atoms with Gasteiger partial charge in [-0.15, -0.1) is 0 Å². The molecule has 0 saturated carbocycles. The summed E-state index contributed by atoms with van der Waals surface area (Å²) in [6.07, 6.45) is 4.89. The fourth-order valence-corrected chi connectivity index (χ4v) is 4.14. The normalized spacial score (nSPS) is 14.8. The number of Topliss-reactive ketones (excluding diaryl/α,β-unsaturated/α-hetero) is 1. The van der Waals surface area contributed by atoms with Gasteiger partial charge in [-0.25, -0.2) is 0 Å². The number of hydrogen-bond acceptors (Lipinski definition) is 5. The van der Waals surface area contributed by atoms with E-state index in [2.05, 4.69) is 22.3 Å². The highest BCUT2D eigenvalue weighted by atomic mass is 16.6. The number of benzene rings is 2. The second-order valence-corrected chi connectivity index (χ2v) is 8.33. The molecule has 0 atom stereocenters. The molecule has 32 heavy (non-hydrogen) atoms. The van der Waals surface area contributed by atoms with Crippen LogP contribution in [-0.2, 0) is 4.79 Å². The zero-order valence-electron chi connectivity index (χ0n) is 18.6. The van der Waals surface area contributed by atoms with Crippen molar-refractivity contribution in [3.63, 3.8) is 0 Å². The first kappa shape index (κ1) is 23.6. The van der Waals surface area contributed by atoms with Crippen LogP contribution in [0.2, 0.25) is 0 Å². The topological polar surface area (TPSA) is 92.6 Å². The first-order chi connectivity index (χ1) is 15.5. The number of nitro benzene ring substituents is 1. The van der Waals surface area contributed by atoms with Gasteiger partial charge in [0, 0.05) is 36.2 Å². The van der Waals surface area contributed by atoms with E-state index in [1.54, 1.807) is 0 Å². The first-order valence-corrected chi connectivity index (χ1v) is 11.4. The van der Waals surface area contributed by atoms with Crippen LogP contribution in [0.25, 0.3) is 0 Å². The molecule has 7 nitrogen and oxygen atoms in total. The molecule has 1 amide bonds. The number of ketones is 1. The average Bonchev–Trinajstić information content (AvgIpc) is 2.82. The highest BCUT2D eigenvalue weighted by Crippen LogP contribution is 2.29. The van der Waals surface area contributed by atoms with Gasteiger partial charge in [0.15, 0.2) is 5.78 Å². The van der Waals surface area contributed by atoms with Gasteiger partial charge in [-0.3, -0.25) is 19.7 Å². The number of piperidine rings is 1. The summed E-state index contributed by atoms with van der Waals surface area (Å²) >= 11 is 0. The molecular weight excluding hydrogens is 406 g/mol. The zero-order chi connectivity index (χ0) is 22.9. The fraction of sp³-hybridized carbons (Fsp3) is 0.440. The lowest BCUT2D eigenvalue weighted by Crippen LogP contribution is -2.33. The van der Waals surface area contributed by atoms with Gasteiger partial charge in [-0.1, -0.05) is 19.1 Å². The number of nitrogens with one attached hydrogen (secondary N) is 1. The Hall–Kier alpha value is -3.06. The van der Waals surface area contributed by atoms with Gasteiger partial charge in [0.1, 0.15) is 0 Å². The molecule has 0 aromatic heterocycles. The summed E-state index contributed by atoms with van der Waals surface area (Å²) in [5.74, 6) is 0.575. The maximum absolute atomic E-state index is 12.3. The van der Waals surface area contributed by atoms with Gasteiger partial charge < -0.3 is 10.2 Å². The number of carbonyl (C=O) groups excluding carboxylic acids is 2. The lowest BCUT2D eigenvalue weighted by Gasteiger charge is -2.32. The number of nitrogens with zero attached hydrogens (tertiary/aromatic N) is 2. The highest BCUT2D eigenvalue weighted by molar-refractivity contribution is 5.96. The van der Waals surface area contributed by atoms with Crippen LogP contribution in [0, 0.1) is 10.1 Å². The summed E-state index contributed by atoms with van der Waals surface area (Å²) in [5, 5.41) is 13.6. The van der Waals surface area contributed by atoms with Crippen molar-refractivity contribution >= 4 is 23.1 Å². The highest BCUT2D eigenvalue weighted by Gasteiger charge is 2.20. The lowest BCUT2D eigenvalue weighted by molar-refractivity contribution is -0.384. The summed E-state index contributed by atoms with van der Waals surface area (Å²) in [4.78, 5) is 36.6. The monoisotopic (exact) mass is 437 g/mol. The van der Waals surface area contributed by atoms with Gasteiger partial charge in [-0.2, -0.15) is 0 Å². The standard InChI is InChI=1S/C25H31N3O4/c1-2-25(30)26-22-7-5-6-21(18-22)19-13-16-27(17-14-19)15-4-3-8-24(29)20-9-11-23(12-10-20)28(31)32/h5-7,9-12,18-19H,2-4,8,13-17H2,1H3,(H,26,30). The number of anilines is 1. The Labute approximate surface area is 189 Å². The summed E-state index contributed by atoms with van der Waals surface area (Å²) < 4.78 is 0. The van der Waals surface area contributed by atoms with Crippen molar-refractivity contribution in [2.75, 3.05) is 25.0 Å². The molecule has 170 valence electrons. The number of rotatable bonds is 10. The van der Waals surface area contributed by atoms with Crippen molar-refractivity contribution in [3.05, 3.63) is 69.8 Å². The van der Waals surface area contributed by atoms with E-state index in [-0.39, 0.29) is 17.4 Å². The van der Waals surface area contributed by atoms with Crippen LogP contribution in [-0.4, -0.2) is 41.1 Å². The fourth-order valence-electron chi connectivity index (χ4n) is 4.14. The molecule has 0 spiro atoms. The summed E-state index contributed by atoms with van der Waals surface area (Å²) in [6, 6.07) is 14.0. The minimum Gasteiger partial charge on any atom is -0.326 e. The van der Waals surface area contributed by atoms with Gasteiger partial charge >= 0.3 is 0 Å². The second kappa shape index (κ2) is 11.5. The van der Waals surface area contributed by atoms with Crippen LogP contribution in [0.15, 0.2) is 48.5 Å². The number of carbonyl (C=O) groups is 2. The Morgan fingerprint density at radius 3 is 2.47 bits per heavy atom. The van der Waals surface area contributed by atoms with Gasteiger partial charge in [0.2, 0.25) is 5.91 Å². The largest absolute Gasteiger partial charge is 0.326 e. The summed E-state index contributed by atoms with van der Waals surface area (Å²) in [7, 11) is 0. The van der Waals surface area contributed by atoms with Crippen molar-refractivity contribution in [2.24, 2.45) is 0 Å². The van der Waals surface area contributed by atoms with E-state index in [1.165, 1.54) is 29.8 Å². The Morgan fingerprint density at radius 2 is 1.81 bits per heavy atom. The Bertz CT molecular complexity index is 934. The molecule has 0 bridgehead atoms. The van der Waals surface area contributed by atoms with Crippen LogP contribution in [0.3, 0.4) is 0 Å². The summed E-state index contributed by atoms with van der Waals surface area (Å²) in [6.45, 7) is 4.90. The SMILES string of the molecule is CCC(=O)Nc1cccc(C2CCN(CCCCC(=O)c3ccc([N+](=O)[O-])cc3)CC2)c1. The van der Waals surface area contributed by atoms with E-state index in [0.717, 1.165) is 51.0 Å². The predicted molar refractivity (Wildman–Crippen MR) is 125 cm³/mol. The minimum atomic E-state index is -0.460. The number of nitro groups is 1. The number of non-ortho nitro benzene ring substituents is 1. The third-order valence-electron chi connectivity index (χ3n) is 6.08. The van der Waals surface area contributed by atoms with Crippen LogP contribution >= 0.6 is 0 Å². The van der Waals surface area contributed by atoms with E-state index in [0.29, 0.717) is 24.3 Å². The van der Waals surface area contributed by atoms with E-state index < -0.39 is 4.92 Å². The molecule has 1 saturated heterocycles. The Balaban J connectivity index is 1.37. The van der Waals surface area contributed by atoms with E-state index in [1.807, 2.05) is 19.1 Å².